The Labute approximate surface area is 139 Å². The van der Waals surface area contributed by atoms with Crippen molar-refractivity contribution >= 4 is 21.4 Å². The molecule has 0 spiro atoms. The monoisotopic (exact) mass is 338 g/mol. The Bertz CT molecular complexity index is 677. The van der Waals surface area contributed by atoms with Gasteiger partial charge in [-0.3, -0.25) is 4.79 Å². The first-order valence-electron chi connectivity index (χ1n) is 7.96. The number of piperazine rings is 1. The van der Waals surface area contributed by atoms with E-state index in [0.717, 1.165) is 13.1 Å². The van der Waals surface area contributed by atoms with Crippen LogP contribution in [0.25, 0.3) is 0 Å². The van der Waals surface area contributed by atoms with Crippen LogP contribution in [0.5, 0.6) is 0 Å². The number of carbonyl (C=O) groups excluding carboxylic acids is 1. The number of rotatable bonds is 4. The summed E-state index contributed by atoms with van der Waals surface area (Å²) in [6, 6.07) is 6.40. The molecule has 1 aromatic carbocycles. The summed E-state index contributed by atoms with van der Waals surface area (Å²) < 4.78 is 22.7. The van der Waals surface area contributed by atoms with Crippen LogP contribution < -0.4 is 4.90 Å². The van der Waals surface area contributed by atoms with Crippen LogP contribution in [-0.4, -0.2) is 57.4 Å². The molecule has 5 nitrogen and oxygen atoms in total. The zero-order valence-electron chi connectivity index (χ0n) is 14.4. The van der Waals surface area contributed by atoms with E-state index in [1.54, 1.807) is 11.8 Å². The molecule has 1 saturated heterocycles. The first-order valence-corrected chi connectivity index (χ1v) is 10.0. The van der Waals surface area contributed by atoms with Crippen molar-refractivity contribution in [2.24, 2.45) is 5.92 Å². The summed E-state index contributed by atoms with van der Waals surface area (Å²) in [6.07, 6.45) is 1.18. The average molecular weight is 338 g/mol. The van der Waals surface area contributed by atoms with Crippen molar-refractivity contribution in [3.63, 3.8) is 0 Å². The fourth-order valence-electron chi connectivity index (χ4n) is 3.06. The minimum Gasteiger partial charge on any atom is -0.368 e. The molecule has 0 saturated carbocycles. The number of hydrogen-bond acceptors (Lipinski definition) is 4. The van der Waals surface area contributed by atoms with E-state index in [2.05, 4.69) is 36.9 Å². The van der Waals surface area contributed by atoms with Crippen LogP contribution in [0, 0.1) is 19.8 Å². The van der Waals surface area contributed by atoms with Crippen molar-refractivity contribution in [3.05, 3.63) is 29.3 Å². The molecule has 0 bridgehead atoms. The SMILES string of the molecule is Cc1ccc(C)c(N2CCN(C(=O)[C@@H](C)CS(C)(=O)=O)CC2)c1. The smallest absolute Gasteiger partial charge is 0.226 e. The van der Waals surface area contributed by atoms with Crippen LogP contribution in [0.4, 0.5) is 5.69 Å². The lowest BCUT2D eigenvalue weighted by Gasteiger charge is -2.38. The van der Waals surface area contributed by atoms with E-state index >= 15 is 0 Å². The summed E-state index contributed by atoms with van der Waals surface area (Å²) in [6.45, 7) is 8.71. The van der Waals surface area contributed by atoms with E-state index in [9.17, 15) is 13.2 Å². The summed E-state index contributed by atoms with van der Waals surface area (Å²) in [4.78, 5) is 16.5. The second kappa shape index (κ2) is 6.91. The summed E-state index contributed by atoms with van der Waals surface area (Å²) >= 11 is 0. The molecule has 1 fully saturated rings. The Morgan fingerprint density at radius 1 is 1.17 bits per heavy atom. The van der Waals surface area contributed by atoms with Gasteiger partial charge in [-0.05, 0) is 31.0 Å². The zero-order valence-corrected chi connectivity index (χ0v) is 15.2. The topological polar surface area (TPSA) is 57.7 Å². The van der Waals surface area contributed by atoms with E-state index in [1.165, 1.54) is 23.1 Å². The standard InChI is InChI=1S/C17H26N2O3S/c1-13-5-6-14(2)16(11-13)18-7-9-19(10-8-18)17(20)15(3)12-23(4,21)22/h5-6,11,15H,7-10,12H2,1-4H3/t15-/m0/s1. The molecular formula is C17H26N2O3S. The van der Waals surface area contributed by atoms with Gasteiger partial charge in [-0.2, -0.15) is 0 Å². The highest BCUT2D eigenvalue weighted by Gasteiger charge is 2.27. The van der Waals surface area contributed by atoms with Gasteiger partial charge in [0.05, 0.1) is 5.75 Å². The van der Waals surface area contributed by atoms with Crippen molar-refractivity contribution in [2.45, 2.75) is 20.8 Å². The Morgan fingerprint density at radius 2 is 1.78 bits per heavy atom. The Balaban J connectivity index is 1.98. The molecule has 1 heterocycles. The number of carbonyl (C=O) groups is 1. The van der Waals surface area contributed by atoms with Crippen LogP contribution in [0.2, 0.25) is 0 Å². The van der Waals surface area contributed by atoms with Crippen LogP contribution in [0.1, 0.15) is 18.1 Å². The molecule has 0 N–H and O–H groups in total. The molecule has 128 valence electrons. The fraction of sp³-hybridized carbons (Fsp3) is 0.588. The highest BCUT2D eigenvalue weighted by atomic mass is 32.2. The number of hydrogen-bond donors (Lipinski definition) is 0. The maximum Gasteiger partial charge on any atom is 0.226 e. The first kappa shape index (κ1) is 17.8. The van der Waals surface area contributed by atoms with Gasteiger partial charge < -0.3 is 9.80 Å². The molecule has 1 aromatic rings. The summed E-state index contributed by atoms with van der Waals surface area (Å²) in [5.41, 5.74) is 3.69. The van der Waals surface area contributed by atoms with Gasteiger partial charge in [0, 0.05) is 44.0 Å². The molecule has 2 rings (SSSR count). The normalized spacial score (nSPS) is 17.2. The average Bonchev–Trinajstić information content (AvgIpc) is 2.47. The van der Waals surface area contributed by atoms with Crippen molar-refractivity contribution < 1.29 is 13.2 Å². The largest absolute Gasteiger partial charge is 0.368 e. The first-order chi connectivity index (χ1) is 10.7. The second-order valence-electron chi connectivity index (χ2n) is 6.60. The Kier molecular flexibility index (Phi) is 5.34. The summed E-state index contributed by atoms with van der Waals surface area (Å²) in [7, 11) is -3.13. The molecule has 23 heavy (non-hydrogen) atoms. The lowest BCUT2D eigenvalue weighted by Crippen LogP contribution is -2.51. The molecule has 6 heteroatoms. The molecule has 1 aliphatic heterocycles. The number of nitrogens with zero attached hydrogens (tertiary/aromatic N) is 2. The van der Waals surface area contributed by atoms with Gasteiger partial charge in [0.2, 0.25) is 5.91 Å². The van der Waals surface area contributed by atoms with Crippen LogP contribution >= 0.6 is 0 Å². The molecule has 1 aliphatic rings. The van der Waals surface area contributed by atoms with E-state index in [4.69, 9.17) is 0 Å². The van der Waals surface area contributed by atoms with Gasteiger partial charge in [0.15, 0.2) is 0 Å². The lowest BCUT2D eigenvalue weighted by atomic mass is 10.1. The summed E-state index contributed by atoms with van der Waals surface area (Å²) in [5.74, 6) is -0.614. The van der Waals surface area contributed by atoms with Crippen molar-refractivity contribution in [3.8, 4) is 0 Å². The highest BCUT2D eigenvalue weighted by Crippen LogP contribution is 2.23. The molecule has 0 unspecified atom stereocenters. The van der Waals surface area contributed by atoms with Crippen LogP contribution in [-0.2, 0) is 14.6 Å². The minimum atomic E-state index is -3.13. The molecule has 1 amide bonds. The predicted octanol–water partition coefficient (Wildman–Crippen LogP) is 1.63. The fourth-order valence-corrected chi connectivity index (χ4v) is 4.12. The van der Waals surface area contributed by atoms with Gasteiger partial charge in [-0.15, -0.1) is 0 Å². The van der Waals surface area contributed by atoms with Gasteiger partial charge in [0.25, 0.3) is 0 Å². The van der Waals surface area contributed by atoms with Gasteiger partial charge in [0.1, 0.15) is 9.84 Å². The van der Waals surface area contributed by atoms with Crippen molar-refractivity contribution in [1.29, 1.82) is 0 Å². The minimum absolute atomic E-state index is 0.0592. The van der Waals surface area contributed by atoms with E-state index in [1.807, 2.05) is 0 Å². The number of sulfone groups is 1. The number of amides is 1. The summed E-state index contributed by atoms with van der Waals surface area (Å²) in [5, 5.41) is 0. The van der Waals surface area contributed by atoms with Crippen LogP contribution in [0.3, 0.4) is 0 Å². The zero-order chi connectivity index (χ0) is 17.2. The van der Waals surface area contributed by atoms with Gasteiger partial charge >= 0.3 is 0 Å². The number of benzene rings is 1. The molecule has 0 radical (unpaired) electrons. The molecule has 0 aliphatic carbocycles. The Hall–Kier alpha value is -1.56. The van der Waals surface area contributed by atoms with E-state index in [0.29, 0.717) is 13.1 Å². The third kappa shape index (κ3) is 4.70. The lowest BCUT2D eigenvalue weighted by molar-refractivity contribution is -0.134. The molecule has 1 atom stereocenters. The van der Waals surface area contributed by atoms with Gasteiger partial charge in [-0.1, -0.05) is 19.1 Å². The quantitative estimate of drug-likeness (QED) is 0.837. The maximum atomic E-state index is 12.4. The van der Waals surface area contributed by atoms with E-state index in [-0.39, 0.29) is 11.7 Å². The highest BCUT2D eigenvalue weighted by molar-refractivity contribution is 7.90. The second-order valence-corrected chi connectivity index (χ2v) is 8.78. The third-order valence-corrected chi connectivity index (χ3v) is 5.38. The van der Waals surface area contributed by atoms with Crippen molar-refractivity contribution in [2.75, 3.05) is 43.1 Å². The third-order valence-electron chi connectivity index (χ3n) is 4.27. The van der Waals surface area contributed by atoms with Gasteiger partial charge in [-0.25, -0.2) is 8.42 Å². The molecule has 0 aromatic heterocycles. The Morgan fingerprint density at radius 3 is 2.35 bits per heavy atom. The van der Waals surface area contributed by atoms with Crippen LogP contribution in [0.15, 0.2) is 18.2 Å². The maximum absolute atomic E-state index is 12.4. The molecular weight excluding hydrogens is 312 g/mol. The van der Waals surface area contributed by atoms with Crippen molar-refractivity contribution in [1.82, 2.24) is 4.90 Å². The number of aryl methyl sites for hydroxylation is 2. The predicted molar refractivity (Wildman–Crippen MR) is 93.6 cm³/mol. The number of anilines is 1. The van der Waals surface area contributed by atoms with E-state index < -0.39 is 15.8 Å².